The summed E-state index contributed by atoms with van der Waals surface area (Å²) in [5.41, 5.74) is -0.375. The van der Waals surface area contributed by atoms with Crippen LogP contribution in [0.1, 0.15) is 0 Å². The third kappa shape index (κ3) is 1.37. The number of phenolic OH excluding ortho intramolecular Hbond substituents is 2. The summed E-state index contributed by atoms with van der Waals surface area (Å²) in [5.74, 6) is -0.939. The third-order valence-electron chi connectivity index (χ3n) is 1.09. The predicted octanol–water partition coefficient (Wildman–Crippen LogP) is 0.806. The van der Waals surface area contributed by atoms with Gasteiger partial charge in [-0.1, -0.05) is 0 Å². The molecule has 2 N–H and O–H groups in total. The lowest BCUT2D eigenvalue weighted by Crippen LogP contribution is -1.86. The zero-order valence-electron chi connectivity index (χ0n) is 5.31. The van der Waals surface area contributed by atoms with E-state index in [0.717, 1.165) is 12.1 Å². The number of nitro benzene ring substituents is 1. The molecule has 0 amide bonds. The van der Waals surface area contributed by atoms with E-state index in [-0.39, 0.29) is 5.69 Å². The second-order valence-corrected chi connectivity index (χ2v) is 1.85. The Hall–Kier alpha value is -1.78. The second-order valence-electron chi connectivity index (χ2n) is 1.85. The number of hydrogen-bond acceptors (Lipinski definition) is 4. The van der Waals surface area contributed by atoms with Crippen molar-refractivity contribution >= 4 is 5.69 Å². The molecule has 1 rings (SSSR count). The highest BCUT2D eigenvalue weighted by Gasteiger charge is 2.08. The minimum atomic E-state index is -0.709. The molecule has 1 aromatic carbocycles. The summed E-state index contributed by atoms with van der Waals surface area (Å²) in [7, 11) is 0. The van der Waals surface area contributed by atoms with Crippen molar-refractivity contribution < 1.29 is 15.1 Å². The quantitative estimate of drug-likeness (QED) is 0.356. The molecule has 0 aliphatic heterocycles. The summed E-state index contributed by atoms with van der Waals surface area (Å²) < 4.78 is 0. The van der Waals surface area contributed by atoms with E-state index in [2.05, 4.69) is 6.07 Å². The first-order chi connectivity index (χ1) is 5.11. The zero-order valence-corrected chi connectivity index (χ0v) is 5.31. The number of nitrogens with zero attached hydrogens (tertiary/aromatic N) is 1. The van der Waals surface area contributed by atoms with E-state index < -0.39 is 16.4 Å². The Labute approximate surface area is 61.7 Å². The molecule has 0 aliphatic rings. The highest BCUT2D eigenvalue weighted by Crippen LogP contribution is 2.27. The average Bonchev–Trinajstić information content (AvgIpc) is 1.94. The molecule has 57 valence electrons. The van der Waals surface area contributed by atoms with Gasteiger partial charge in [-0.2, -0.15) is 0 Å². The fourth-order valence-corrected chi connectivity index (χ4v) is 0.567. The topological polar surface area (TPSA) is 83.6 Å². The smallest absolute Gasteiger partial charge is 0.281 e. The summed E-state index contributed by atoms with van der Waals surface area (Å²) in [6.45, 7) is 0. The van der Waals surface area contributed by atoms with Crippen LogP contribution in [0.3, 0.4) is 0 Å². The monoisotopic (exact) mass is 154 g/mol. The van der Waals surface area contributed by atoms with E-state index in [9.17, 15) is 10.1 Å². The normalized spacial score (nSPS) is 9.45. The standard InChI is InChI=1S/C6H4NO4/c8-5-2-1-4(7(10)11)3-6(5)9/h2-3,8-9H. The molecule has 0 aliphatic carbocycles. The van der Waals surface area contributed by atoms with Crippen LogP contribution in [-0.2, 0) is 0 Å². The number of nitro groups is 1. The minimum Gasteiger partial charge on any atom is -0.504 e. The van der Waals surface area contributed by atoms with Crippen LogP contribution in [0, 0.1) is 16.2 Å². The molecular formula is C6H4NO4. The van der Waals surface area contributed by atoms with Crippen LogP contribution in [0.5, 0.6) is 11.5 Å². The Balaban J connectivity index is 3.15. The number of aromatic hydroxyl groups is 2. The molecule has 0 fully saturated rings. The maximum atomic E-state index is 10.0. The number of benzene rings is 1. The van der Waals surface area contributed by atoms with Gasteiger partial charge in [0.1, 0.15) is 0 Å². The summed E-state index contributed by atoms with van der Waals surface area (Å²) in [6, 6.07) is 3.93. The van der Waals surface area contributed by atoms with Crippen molar-refractivity contribution in [1.82, 2.24) is 0 Å². The first-order valence-electron chi connectivity index (χ1n) is 2.69. The van der Waals surface area contributed by atoms with Crippen LogP contribution < -0.4 is 0 Å². The van der Waals surface area contributed by atoms with Gasteiger partial charge in [0, 0.05) is 0 Å². The Kier molecular flexibility index (Phi) is 1.63. The highest BCUT2D eigenvalue weighted by atomic mass is 16.6. The van der Waals surface area contributed by atoms with Gasteiger partial charge in [0.15, 0.2) is 11.5 Å². The van der Waals surface area contributed by atoms with E-state index in [1.165, 1.54) is 0 Å². The van der Waals surface area contributed by atoms with Gasteiger partial charge in [0.2, 0.25) is 0 Å². The number of hydrogen-bond donors (Lipinski definition) is 2. The molecule has 1 aromatic rings. The maximum Gasteiger partial charge on any atom is 0.281 e. The Bertz CT molecular complexity index is 297. The first-order valence-corrected chi connectivity index (χ1v) is 2.69. The summed E-state index contributed by atoms with van der Waals surface area (Å²) in [5, 5.41) is 27.5. The molecule has 0 heterocycles. The molecule has 0 atom stereocenters. The van der Waals surface area contributed by atoms with Crippen molar-refractivity contribution in [3.05, 3.63) is 28.3 Å². The van der Waals surface area contributed by atoms with Crippen LogP contribution in [0.25, 0.3) is 0 Å². The van der Waals surface area contributed by atoms with E-state index >= 15 is 0 Å². The molecule has 5 nitrogen and oxygen atoms in total. The van der Waals surface area contributed by atoms with Crippen molar-refractivity contribution in [1.29, 1.82) is 0 Å². The van der Waals surface area contributed by atoms with Gasteiger partial charge >= 0.3 is 0 Å². The first kappa shape index (κ1) is 7.33. The van der Waals surface area contributed by atoms with E-state index in [4.69, 9.17) is 10.2 Å². The molecule has 0 bridgehead atoms. The largest absolute Gasteiger partial charge is 0.504 e. The van der Waals surface area contributed by atoms with Crippen molar-refractivity contribution in [2.24, 2.45) is 0 Å². The van der Waals surface area contributed by atoms with E-state index in [1.807, 2.05) is 0 Å². The van der Waals surface area contributed by atoms with Gasteiger partial charge in [0.25, 0.3) is 5.69 Å². The molecule has 5 heteroatoms. The lowest BCUT2D eigenvalue weighted by Gasteiger charge is -1.94. The number of non-ortho nitro benzene ring substituents is 1. The summed E-state index contributed by atoms with van der Waals surface area (Å²) in [6.07, 6.45) is 0. The van der Waals surface area contributed by atoms with E-state index in [1.54, 1.807) is 0 Å². The molecule has 0 unspecified atom stereocenters. The molecule has 11 heavy (non-hydrogen) atoms. The highest BCUT2D eigenvalue weighted by molar-refractivity contribution is 5.45. The minimum absolute atomic E-state index is 0.375. The molecule has 1 radical (unpaired) electrons. The molecule has 0 saturated heterocycles. The summed E-state index contributed by atoms with van der Waals surface area (Å²) >= 11 is 0. The van der Waals surface area contributed by atoms with Crippen molar-refractivity contribution in [3.8, 4) is 11.5 Å². The zero-order chi connectivity index (χ0) is 8.43. The van der Waals surface area contributed by atoms with Crippen molar-refractivity contribution in [2.75, 3.05) is 0 Å². The fourth-order valence-electron chi connectivity index (χ4n) is 0.567. The SMILES string of the molecule is O=[N+]([O-])c1[c]cc(O)c(O)c1. The summed E-state index contributed by atoms with van der Waals surface area (Å²) in [4.78, 5) is 9.34. The number of rotatable bonds is 1. The van der Waals surface area contributed by atoms with Crippen molar-refractivity contribution in [2.45, 2.75) is 0 Å². The second kappa shape index (κ2) is 2.45. The Morgan fingerprint density at radius 2 is 2.09 bits per heavy atom. The fraction of sp³-hybridized carbons (Fsp3) is 0. The van der Waals surface area contributed by atoms with Gasteiger partial charge in [-0.05, 0) is 6.07 Å². The average molecular weight is 154 g/mol. The lowest BCUT2D eigenvalue weighted by atomic mass is 10.3. The van der Waals surface area contributed by atoms with Gasteiger partial charge in [0.05, 0.1) is 17.1 Å². The van der Waals surface area contributed by atoms with Crippen LogP contribution in [0.2, 0.25) is 0 Å². The van der Waals surface area contributed by atoms with Crippen LogP contribution in [-0.4, -0.2) is 15.1 Å². The maximum absolute atomic E-state index is 10.0. The van der Waals surface area contributed by atoms with Gasteiger partial charge in [-0.25, -0.2) is 0 Å². The lowest BCUT2D eigenvalue weighted by molar-refractivity contribution is -0.385. The van der Waals surface area contributed by atoms with Crippen LogP contribution in [0.4, 0.5) is 5.69 Å². The van der Waals surface area contributed by atoms with Gasteiger partial charge in [-0.15, -0.1) is 0 Å². The van der Waals surface area contributed by atoms with E-state index in [0.29, 0.717) is 0 Å². The molecule has 0 spiro atoms. The number of phenols is 2. The molecule has 0 aromatic heterocycles. The third-order valence-corrected chi connectivity index (χ3v) is 1.09. The molecule has 0 saturated carbocycles. The Morgan fingerprint density at radius 1 is 1.45 bits per heavy atom. The van der Waals surface area contributed by atoms with Crippen molar-refractivity contribution in [3.63, 3.8) is 0 Å². The van der Waals surface area contributed by atoms with Crippen LogP contribution >= 0.6 is 0 Å². The van der Waals surface area contributed by atoms with Gasteiger partial charge in [-0.3, -0.25) is 10.1 Å². The van der Waals surface area contributed by atoms with Gasteiger partial charge < -0.3 is 10.2 Å². The molecular weight excluding hydrogens is 150 g/mol. The Morgan fingerprint density at radius 3 is 2.55 bits per heavy atom. The van der Waals surface area contributed by atoms with Crippen LogP contribution in [0.15, 0.2) is 12.1 Å². The predicted molar refractivity (Wildman–Crippen MR) is 35.3 cm³/mol.